The molecule has 1 aliphatic rings. The van der Waals surface area contributed by atoms with E-state index in [4.69, 9.17) is 5.73 Å². The summed E-state index contributed by atoms with van der Waals surface area (Å²) in [6.07, 6.45) is 6.35. The normalized spacial score (nSPS) is 21.8. The molecule has 0 aromatic carbocycles. The summed E-state index contributed by atoms with van der Waals surface area (Å²) in [6.45, 7) is 3.34. The van der Waals surface area contributed by atoms with Gasteiger partial charge in [0.05, 0.1) is 0 Å². The molecule has 1 aliphatic heterocycles. The fraction of sp³-hybridized carbons (Fsp3) is 0.667. The van der Waals surface area contributed by atoms with Crippen LogP contribution in [0.15, 0.2) is 12.1 Å². The van der Waals surface area contributed by atoms with Crippen LogP contribution in [0.2, 0.25) is 0 Å². The number of hydrogen-bond acceptors (Lipinski definition) is 4. The van der Waals surface area contributed by atoms with Crippen LogP contribution in [0, 0.1) is 0 Å². The third-order valence-electron chi connectivity index (χ3n) is 3.31. The van der Waals surface area contributed by atoms with E-state index in [1.807, 2.05) is 12.1 Å². The summed E-state index contributed by atoms with van der Waals surface area (Å²) in [7, 11) is 0. The average Bonchev–Trinajstić information content (AvgIpc) is 2.55. The Labute approximate surface area is 96.9 Å². The van der Waals surface area contributed by atoms with Crippen molar-refractivity contribution in [3.8, 4) is 0 Å². The Morgan fingerprint density at radius 3 is 2.88 bits per heavy atom. The van der Waals surface area contributed by atoms with Gasteiger partial charge in [-0.1, -0.05) is 19.8 Å². The molecule has 0 aliphatic carbocycles. The standard InChI is InChI=1S/C12H20N4/c1-2-10-6-4-3-5-9-16(10)12-8-7-11(13)14-15-12/h7-8,10H,2-6,9H2,1H3,(H2,13,14). The van der Waals surface area contributed by atoms with E-state index in [1.165, 1.54) is 32.1 Å². The predicted molar refractivity (Wildman–Crippen MR) is 66.3 cm³/mol. The van der Waals surface area contributed by atoms with Crippen molar-refractivity contribution < 1.29 is 0 Å². The van der Waals surface area contributed by atoms with Crippen molar-refractivity contribution in [3.63, 3.8) is 0 Å². The fourth-order valence-corrected chi connectivity index (χ4v) is 2.39. The van der Waals surface area contributed by atoms with Crippen molar-refractivity contribution in [3.05, 3.63) is 12.1 Å². The Bertz CT molecular complexity index is 322. The molecule has 1 aromatic heterocycles. The monoisotopic (exact) mass is 220 g/mol. The van der Waals surface area contributed by atoms with Gasteiger partial charge in [0.1, 0.15) is 5.82 Å². The number of rotatable bonds is 2. The lowest BCUT2D eigenvalue weighted by atomic mass is 10.1. The van der Waals surface area contributed by atoms with E-state index in [0.29, 0.717) is 11.9 Å². The molecule has 4 nitrogen and oxygen atoms in total. The Hall–Kier alpha value is -1.32. The topological polar surface area (TPSA) is 55.0 Å². The average molecular weight is 220 g/mol. The second-order valence-electron chi connectivity index (χ2n) is 4.42. The van der Waals surface area contributed by atoms with Crippen LogP contribution in [-0.2, 0) is 0 Å². The van der Waals surface area contributed by atoms with Crippen LogP contribution in [0.3, 0.4) is 0 Å². The molecular weight excluding hydrogens is 200 g/mol. The molecule has 1 fully saturated rings. The highest BCUT2D eigenvalue weighted by Crippen LogP contribution is 2.23. The van der Waals surface area contributed by atoms with Gasteiger partial charge in [-0.3, -0.25) is 0 Å². The summed E-state index contributed by atoms with van der Waals surface area (Å²) in [5.74, 6) is 1.47. The summed E-state index contributed by atoms with van der Waals surface area (Å²) in [5, 5.41) is 8.13. The lowest BCUT2D eigenvalue weighted by Gasteiger charge is -2.29. The van der Waals surface area contributed by atoms with Gasteiger partial charge in [-0.05, 0) is 31.4 Å². The molecule has 0 bridgehead atoms. The number of hydrogen-bond donors (Lipinski definition) is 1. The highest BCUT2D eigenvalue weighted by atomic mass is 15.3. The molecule has 2 heterocycles. The molecule has 1 saturated heterocycles. The maximum Gasteiger partial charge on any atom is 0.151 e. The molecule has 2 N–H and O–H groups in total. The van der Waals surface area contributed by atoms with Gasteiger partial charge in [0, 0.05) is 12.6 Å². The Morgan fingerprint density at radius 1 is 1.31 bits per heavy atom. The second-order valence-corrected chi connectivity index (χ2v) is 4.42. The number of anilines is 2. The van der Waals surface area contributed by atoms with Crippen LogP contribution in [0.1, 0.15) is 39.0 Å². The molecule has 1 atom stereocenters. The number of aromatic nitrogens is 2. The molecule has 0 radical (unpaired) electrons. The summed E-state index contributed by atoms with van der Waals surface area (Å²) in [5.41, 5.74) is 5.56. The third kappa shape index (κ3) is 2.43. The van der Waals surface area contributed by atoms with Gasteiger partial charge >= 0.3 is 0 Å². The highest BCUT2D eigenvalue weighted by molar-refractivity contribution is 5.42. The number of nitrogens with zero attached hydrogens (tertiary/aromatic N) is 3. The van der Waals surface area contributed by atoms with E-state index in [1.54, 1.807) is 0 Å². The second kappa shape index (κ2) is 5.14. The van der Waals surface area contributed by atoms with Crippen LogP contribution in [0.25, 0.3) is 0 Å². The van der Waals surface area contributed by atoms with Crippen LogP contribution < -0.4 is 10.6 Å². The maximum atomic E-state index is 5.56. The largest absolute Gasteiger partial charge is 0.382 e. The van der Waals surface area contributed by atoms with E-state index >= 15 is 0 Å². The molecule has 0 spiro atoms. The van der Waals surface area contributed by atoms with Crippen molar-refractivity contribution in [2.75, 3.05) is 17.2 Å². The molecule has 4 heteroatoms. The first-order chi connectivity index (χ1) is 7.81. The van der Waals surface area contributed by atoms with Crippen LogP contribution >= 0.6 is 0 Å². The van der Waals surface area contributed by atoms with Crippen molar-refractivity contribution in [2.45, 2.75) is 45.1 Å². The van der Waals surface area contributed by atoms with E-state index in [0.717, 1.165) is 12.4 Å². The van der Waals surface area contributed by atoms with Gasteiger partial charge in [0.2, 0.25) is 0 Å². The molecule has 2 rings (SSSR count). The zero-order valence-electron chi connectivity index (χ0n) is 9.89. The molecule has 88 valence electrons. The van der Waals surface area contributed by atoms with E-state index < -0.39 is 0 Å². The number of nitrogen functional groups attached to an aromatic ring is 1. The molecule has 0 amide bonds. The van der Waals surface area contributed by atoms with E-state index in [2.05, 4.69) is 22.0 Å². The zero-order chi connectivity index (χ0) is 11.4. The van der Waals surface area contributed by atoms with E-state index in [9.17, 15) is 0 Å². The van der Waals surface area contributed by atoms with Crippen molar-refractivity contribution in [2.24, 2.45) is 0 Å². The van der Waals surface area contributed by atoms with Crippen molar-refractivity contribution in [1.29, 1.82) is 0 Å². The summed E-state index contributed by atoms with van der Waals surface area (Å²) in [6, 6.07) is 4.43. The van der Waals surface area contributed by atoms with Crippen molar-refractivity contribution >= 4 is 11.6 Å². The summed E-state index contributed by atoms with van der Waals surface area (Å²) < 4.78 is 0. The maximum absolute atomic E-state index is 5.56. The van der Waals surface area contributed by atoms with Crippen LogP contribution in [0.4, 0.5) is 11.6 Å². The molecule has 16 heavy (non-hydrogen) atoms. The Kier molecular flexibility index (Phi) is 3.59. The minimum absolute atomic E-state index is 0.492. The Morgan fingerprint density at radius 2 is 2.19 bits per heavy atom. The summed E-state index contributed by atoms with van der Waals surface area (Å²) >= 11 is 0. The highest BCUT2D eigenvalue weighted by Gasteiger charge is 2.20. The minimum Gasteiger partial charge on any atom is -0.382 e. The van der Waals surface area contributed by atoms with E-state index in [-0.39, 0.29) is 0 Å². The van der Waals surface area contributed by atoms with Gasteiger partial charge in [-0.25, -0.2) is 0 Å². The first-order valence-electron chi connectivity index (χ1n) is 6.17. The zero-order valence-corrected chi connectivity index (χ0v) is 9.89. The van der Waals surface area contributed by atoms with Gasteiger partial charge in [0.25, 0.3) is 0 Å². The van der Waals surface area contributed by atoms with Gasteiger partial charge < -0.3 is 10.6 Å². The molecule has 1 unspecified atom stereocenters. The Balaban J connectivity index is 2.18. The molecule has 0 saturated carbocycles. The lowest BCUT2D eigenvalue weighted by molar-refractivity contribution is 0.550. The first-order valence-corrected chi connectivity index (χ1v) is 6.17. The fourth-order valence-electron chi connectivity index (χ4n) is 2.39. The van der Waals surface area contributed by atoms with Crippen LogP contribution in [0.5, 0.6) is 0 Å². The predicted octanol–water partition coefficient (Wildman–Crippen LogP) is 2.22. The minimum atomic E-state index is 0.492. The third-order valence-corrected chi connectivity index (χ3v) is 3.31. The van der Waals surface area contributed by atoms with Crippen LogP contribution in [-0.4, -0.2) is 22.8 Å². The van der Waals surface area contributed by atoms with Gasteiger partial charge in [-0.2, -0.15) is 0 Å². The quantitative estimate of drug-likeness (QED) is 0.830. The number of nitrogens with two attached hydrogens (primary N) is 1. The van der Waals surface area contributed by atoms with Crippen molar-refractivity contribution in [1.82, 2.24) is 10.2 Å². The molecule has 1 aromatic rings. The first kappa shape index (κ1) is 11.2. The SMILES string of the molecule is CCC1CCCCCN1c1ccc(N)nn1. The lowest BCUT2D eigenvalue weighted by Crippen LogP contribution is -2.35. The molecular formula is C12H20N4. The van der Waals surface area contributed by atoms with Gasteiger partial charge in [-0.15, -0.1) is 10.2 Å². The smallest absolute Gasteiger partial charge is 0.151 e. The summed E-state index contributed by atoms with van der Waals surface area (Å²) in [4.78, 5) is 2.39. The van der Waals surface area contributed by atoms with Gasteiger partial charge in [0.15, 0.2) is 5.82 Å².